The Morgan fingerprint density at radius 1 is 1.47 bits per heavy atom. The van der Waals surface area contributed by atoms with Gasteiger partial charge in [-0.3, -0.25) is 4.98 Å². The van der Waals surface area contributed by atoms with Gasteiger partial charge in [0.25, 0.3) is 0 Å². The van der Waals surface area contributed by atoms with E-state index in [4.69, 9.17) is 4.74 Å². The topological polar surface area (TPSA) is 34.1 Å². The molecule has 0 amide bonds. The van der Waals surface area contributed by atoms with E-state index in [9.17, 15) is 0 Å². The summed E-state index contributed by atoms with van der Waals surface area (Å²) in [6.07, 6.45) is 8.94. The molecule has 2 rings (SSSR count). The Morgan fingerprint density at radius 3 is 3.00 bits per heavy atom. The smallest absolute Gasteiger partial charge is 0.141 e. The van der Waals surface area contributed by atoms with E-state index >= 15 is 0 Å². The molecule has 0 atom stereocenters. The van der Waals surface area contributed by atoms with Gasteiger partial charge in [-0.1, -0.05) is 12.8 Å². The summed E-state index contributed by atoms with van der Waals surface area (Å²) in [7, 11) is 1.69. The molecule has 0 aromatic carbocycles. The summed E-state index contributed by atoms with van der Waals surface area (Å²) in [5.74, 6) is 0.878. The quantitative estimate of drug-likeness (QED) is 0.819. The van der Waals surface area contributed by atoms with Gasteiger partial charge in [0.05, 0.1) is 13.3 Å². The Balaban J connectivity index is 1.91. The van der Waals surface area contributed by atoms with Gasteiger partial charge in [0, 0.05) is 24.3 Å². The highest BCUT2D eigenvalue weighted by atomic mass is 16.5. The number of aromatic nitrogens is 1. The van der Waals surface area contributed by atoms with Crippen molar-refractivity contribution >= 4 is 0 Å². The maximum atomic E-state index is 5.26. The Bertz CT molecular complexity index is 308. The fourth-order valence-electron chi connectivity index (χ4n) is 2.12. The van der Waals surface area contributed by atoms with Crippen LogP contribution in [0.15, 0.2) is 18.5 Å². The molecule has 1 aliphatic carbocycles. The predicted molar refractivity (Wildman–Crippen MR) is 59.9 cm³/mol. The lowest BCUT2D eigenvalue weighted by atomic mass is 10.2. The molecule has 1 fully saturated rings. The van der Waals surface area contributed by atoms with Gasteiger partial charge in [-0.15, -0.1) is 0 Å². The molecule has 0 bridgehead atoms. The minimum atomic E-state index is 0.697. The van der Waals surface area contributed by atoms with Crippen molar-refractivity contribution in [2.24, 2.45) is 0 Å². The lowest BCUT2D eigenvalue weighted by Crippen LogP contribution is -2.25. The van der Waals surface area contributed by atoms with Gasteiger partial charge < -0.3 is 10.1 Å². The highest BCUT2D eigenvalue weighted by Crippen LogP contribution is 2.20. The normalized spacial score (nSPS) is 16.9. The highest BCUT2D eigenvalue weighted by molar-refractivity contribution is 5.29. The van der Waals surface area contributed by atoms with Crippen LogP contribution < -0.4 is 10.1 Å². The van der Waals surface area contributed by atoms with E-state index < -0.39 is 0 Å². The van der Waals surface area contributed by atoms with Crippen LogP contribution in [0.2, 0.25) is 0 Å². The number of nitrogens with one attached hydrogen (secondary N) is 1. The van der Waals surface area contributed by atoms with Crippen LogP contribution in [0.5, 0.6) is 5.75 Å². The molecular weight excluding hydrogens is 188 g/mol. The van der Waals surface area contributed by atoms with Gasteiger partial charge >= 0.3 is 0 Å². The summed E-state index contributed by atoms with van der Waals surface area (Å²) in [4.78, 5) is 4.04. The number of pyridine rings is 1. The number of nitrogens with zero attached hydrogens (tertiary/aromatic N) is 1. The van der Waals surface area contributed by atoms with Crippen LogP contribution in [-0.2, 0) is 6.54 Å². The summed E-state index contributed by atoms with van der Waals surface area (Å²) in [5.41, 5.74) is 1.19. The zero-order chi connectivity index (χ0) is 10.5. The molecule has 1 aliphatic rings. The molecule has 0 radical (unpaired) electrons. The van der Waals surface area contributed by atoms with Crippen LogP contribution in [0.25, 0.3) is 0 Å². The molecule has 3 nitrogen and oxygen atoms in total. The van der Waals surface area contributed by atoms with Gasteiger partial charge in [-0.05, 0) is 18.9 Å². The molecule has 3 heteroatoms. The van der Waals surface area contributed by atoms with Crippen molar-refractivity contribution in [2.45, 2.75) is 38.3 Å². The standard InChI is InChI=1S/C12H18N2O/c1-15-12-9-13-7-6-10(12)8-14-11-4-2-3-5-11/h6-7,9,11,14H,2-5,8H2,1H3. The Kier molecular flexibility index (Phi) is 3.56. The monoisotopic (exact) mass is 206 g/mol. The summed E-state index contributed by atoms with van der Waals surface area (Å²) < 4.78 is 5.26. The van der Waals surface area contributed by atoms with Crippen LogP contribution in [-0.4, -0.2) is 18.1 Å². The predicted octanol–water partition coefficient (Wildman–Crippen LogP) is 2.12. The summed E-state index contributed by atoms with van der Waals surface area (Å²) in [6, 6.07) is 2.71. The van der Waals surface area contributed by atoms with Crippen molar-refractivity contribution in [3.63, 3.8) is 0 Å². The maximum Gasteiger partial charge on any atom is 0.141 e. The van der Waals surface area contributed by atoms with E-state index in [2.05, 4.69) is 10.3 Å². The molecule has 15 heavy (non-hydrogen) atoms. The van der Waals surface area contributed by atoms with Gasteiger partial charge in [-0.2, -0.15) is 0 Å². The van der Waals surface area contributed by atoms with E-state index in [1.807, 2.05) is 12.3 Å². The van der Waals surface area contributed by atoms with Crippen molar-refractivity contribution in [3.8, 4) is 5.75 Å². The van der Waals surface area contributed by atoms with Crippen molar-refractivity contribution in [3.05, 3.63) is 24.0 Å². The van der Waals surface area contributed by atoms with Crippen molar-refractivity contribution < 1.29 is 4.74 Å². The molecule has 0 unspecified atom stereocenters. The van der Waals surface area contributed by atoms with Crippen LogP contribution in [0.1, 0.15) is 31.2 Å². The molecule has 1 aromatic rings. The number of ether oxygens (including phenoxy) is 1. The van der Waals surface area contributed by atoms with Crippen LogP contribution in [0.4, 0.5) is 0 Å². The lowest BCUT2D eigenvalue weighted by molar-refractivity contribution is 0.403. The first-order valence-corrected chi connectivity index (χ1v) is 5.60. The van der Waals surface area contributed by atoms with Crippen LogP contribution in [0, 0.1) is 0 Å². The first kappa shape index (κ1) is 10.4. The molecule has 0 spiro atoms. The Hall–Kier alpha value is -1.09. The SMILES string of the molecule is COc1cnccc1CNC1CCCC1. The van der Waals surface area contributed by atoms with Crippen LogP contribution in [0.3, 0.4) is 0 Å². The Morgan fingerprint density at radius 2 is 2.27 bits per heavy atom. The second-order valence-corrected chi connectivity index (χ2v) is 4.05. The van der Waals surface area contributed by atoms with Gasteiger partial charge in [0.15, 0.2) is 0 Å². The average Bonchev–Trinajstić information content (AvgIpc) is 2.79. The largest absolute Gasteiger partial charge is 0.495 e. The van der Waals surface area contributed by atoms with Gasteiger partial charge in [-0.25, -0.2) is 0 Å². The number of hydrogen-bond acceptors (Lipinski definition) is 3. The van der Waals surface area contributed by atoms with E-state index in [0.29, 0.717) is 6.04 Å². The molecular formula is C12H18N2O. The van der Waals surface area contributed by atoms with E-state index in [1.165, 1.54) is 31.2 Å². The molecule has 1 N–H and O–H groups in total. The molecule has 1 aromatic heterocycles. The first-order valence-electron chi connectivity index (χ1n) is 5.60. The summed E-state index contributed by atoms with van der Waals surface area (Å²) in [6.45, 7) is 0.885. The van der Waals surface area contributed by atoms with E-state index in [-0.39, 0.29) is 0 Å². The minimum absolute atomic E-state index is 0.697. The zero-order valence-corrected chi connectivity index (χ0v) is 9.20. The summed E-state index contributed by atoms with van der Waals surface area (Å²) in [5, 5.41) is 3.56. The fraction of sp³-hybridized carbons (Fsp3) is 0.583. The van der Waals surface area contributed by atoms with Crippen LogP contribution >= 0.6 is 0 Å². The summed E-state index contributed by atoms with van der Waals surface area (Å²) >= 11 is 0. The van der Waals surface area contributed by atoms with Gasteiger partial charge in [0.1, 0.15) is 5.75 Å². The second-order valence-electron chi connectivity index (χ2n) is 4.05. The third-order valence-electron chi connectivity index (χ3n) is 3.03. The van der Waals surface area contributed by atoms with Crippen molar-refractivity contribution in [1.82, 2.24) is 10.3 Å². The van der Waals surface area contributed by atoms with Crippen molar-refractivity contribution in [2.75, 3.05) is 7.11 Å². The second kappa shape index (κ2) is 5.12. The molecule has 82 valence electrons. The lowest BCUT2D eigenvalue weighted by Gasteiger charge is -2.13. The average molecular weight is 206 g/mol. The maximum absolute atomic E-state index is 5.26. The minimum Gasteiger partial charge on any atom is -0.495 e. The van der Waals surface area contributed by atoms with Crippen molar-refractivity contribution in [1.29, 1.82) is 0 Å². The highest BCUT2D eigenvalue weighted by Gasteiger charge is 2.14. The molecule has 0 saturated heterocycles. The third-order valence-corrected chi connectivity index (χ3v) is 3.03. The molecule has 1 saturated carbocycles. The van der Waals surface area contributed by atoms with E-state index in [0.717, 1.165) is 12.3 Å². The first-order chi connectivity index (χ1) is 7.40. The molecule has 1 heterocycles. The zero-order valence-electron chi connectivity index (χ0n) is 9.20. The third kappa shape index (κ3) is 2.69. The number of hydrogen-bond donors (Lipinski definition) is 1. The fourth-order valence-corrected chi connectivity index (χ4v) is 2.12. The number of methoxy groups -OCH3 is 1. The van der Waals surface area contributed by atoms with E-state index in [1.54, 1.807) is 13.3 Å². The molecule has 0 aliphatic heterocycles. The van der Waals surface area contributed by atoms with Gasteiger partial charge in [0.2, 0.25) is 0 Å². The number of rotatable bonds is 4. The Labute approximate surface area is 90.9 Å².